The van der Waals surface area contributed by atoms with Gasteiger partial charge in [0.1, 0.15) is 0 Å². The molecule has 0 radical (unpaired) electrons. The molecular formula is C13H26. The minimum absolute atomic E-state index is 0.893. The van der Waals surface area contributed by atoms with E-state index >= 15 is 0 Å². The monoisotopic (exact) mass is 182 g/mol. The van der Waals surface area contributed by atoms with Crippen LogP contribution in [0.1, 0.15) is 59.8 Å². The van der Waals surface area contributed by atoms with Crippen LogP contribution in [0.5, 0.6) is 0 Å². The lowest BCUT2D eigenvalue weighted by Crippen LogP contribution is -2.24. The summed E-state index contributed by atoms with van der Waals surface area (Å²) in [6, 6.07) is 0. The van der Waals surface area contributed by atoms with Crippen molar-refractivity contribution in [2.45, 2.75) is 59.8 Å². The van der Waals surface area contributed by atoms with Crippen molar-refractivity contribution in [2.24, 2.45) is 23.7 Å². The first kappa shape index (κ1) is 11.1. The summed E-state index contributed by atoms with van der Waals surface area (Å²) in [5, 5.41) is 0. The molecule has 0 N–H and O–H groups in total. The fourth-order valence-corrected chi connectivity index (χ4v) is 2.60. The van der Waals surface area contributed by atoms with Gasteiger partial charge in [0.15, 0.2) is 0 Å². The molecule has 1 rings (SSSR count). The van der Waals surface area contributed by atoms with Crippen LogP contribution >= 0.6 is 0 Å². The van der Waals surface area contributed by atoms with E-state index < -0.39 is 0 Å². The summed E-state index contributed by atoms with van der Waals surface area (Å²) in [6.45, 7) is 9.47. The summed E-state index contributed by atoms with van der Waals surface area (Å²) in [6.07, 6.45) is 7.46. The van der Waals surface area contributed by atoms with Crippen molar-refractivity contribution >= 4 is 0 Å². The first-order valence-corrected chi connectivity index (χ1v) is 6.09. The molecule has 0 heteroatoms. The van der Waals surface area contributed by atoms with E-state index in [0.717, 1.165) is 23.7 Å². The number of hydrogen-bond acceptors (Lipinski definition) is 0. The molecule has 0 aromatic carbocycles. The molecule has 13 heavy (non-hydrogen) atoms. The predicted molar refractivity (Wildman–Crippen MR) is 59.7 cm³/mol. The normalized spacial score (nSPS) is 18.7. The van der Waals surface area contributed by atoms with Crippen LogP contribution in [0.25, 0.3) is 0 Å². The van der Waals surface area contributed by atoms with Crippen molar-refractivity contribution in [2.75, 3.05) is 0 Å². The van der Waals surface area contributed by atoms with Gasteiger partial charge in [0.2, 0.25) is 0 Å². The van der Waals surface area contributed by atoms with E-state index in [9.17, 15) is 0 Å². The summed E-state index contributed by atoms with van der Waals surface area (Å²) < 4.78 is 0. The fraction of sp³-hybridized carbons (Fsp3) is 1.00. The molecule has 0 saturated heterocycles. The van der Waals surface area contributed by atoms with Crippen molar-refractivity contribution < 1.29 is 0 Å². The van der Waals surface area contributed by atoms with Gasteiger partial charge >= 0.3 is 0 Å². The third kappa shape index (κ3) is 3.70. The average molecular weight is 182 g/mol. The van der Waals surface area contributed by atoms with E-state index in [1.54, 1.807) is 0 Å². The van der Waals surface area contributed by atoms with Crippen molar-refractivity contribution in [1.82, 2.24) is 0 Å². The third-order valence-electron chi connectivity index (χ3n) is 3.36. The molecule has 0 bridgehead atoms. The second-order valence-corrected chi connectivity index (χ2v) is 5.71. The molecule has 0 aromatic rings. The van der Waals surface area contributed by atoms with Crippen molar-refractivity contribution in [1.29, 1.82) is 0 Å². The summed E-state index contributed by atoms with van der Waals surface area (Å²) >= 11 is 0. The van der Waals surface area contributed by atoms with Gasteiger partial charge in [-0.2, -0.15) is 0 Å². The van der Waals surface area contributed by atoms with E-state index in [4.69, 9.17) is 0 Å². The number of hydrogen-bond donors (Lipinski definition) is 0. The van der Waals surface area contributed by atoms with Crippen molar-refractivity contribution in [3.05, 3.63) is 0 Å². The van der Waals surface area contributed by atoms with Crippen LogP contribution in [0.2, 0.25) is 0 Å². The molecule has 0 aliphatic heterocycles. The molecule has 78 valence electrons. The lowest BCUT2D eigenvalue weighted by molar-refractivity contribution is 0.157. The lowest BCUT2D eigenvalue weighted by Gasteiger charge is -2.36. The first-order valence-electron chi connectivity index (χ1n) is 6.09. The highest BCUT2D eigenvalue weighted by molar-refractivity contribution is 4.79. The lowest BCUT2D eigenvalue weighted by atomic mass is 9.70. The zero-order chi connectivity index (χ0) is 9.84. The van der Waals surface area contributed by atoms with Crippen LogP contribution in [0.15, 0.2) is 0 Å². The van der Waals surface area contributed by atoms with Gasteiger partial charge in [-0.3, -0.25) is 0 Å². The summed E-state index contributed by atoms with van der Waals surface area (Å²) in [7, 11) is 0. The van der Waals surface area contributed by atoms with Crippen LogP contribution < -0.4 is 0 Å². The largest absolute Gasteiger partial charge is 0.0628 e. The van der Waals surface area contributed by atoms with E-state index in [1.165, 1.54) is 32.1 Å². The topological polar surface area (TPSA) is 0 Å². The molecule has 1 fully saturated rings. The Kier molecular flexibility index (Phi) is 4.28. The van der Waals surface area contributed by atoms with Gasteiger partial charge in [-0.1, -0.05) is 47.0 Å². The zero-order valence-electron chi connectivity index (χ0n) is 9.84. The smallest absolute Gasteiger partial charge is 0.0381 e. The molecule has 0 amide bonds. The maximum Gasteiger partial charge on any atom is -0.0381 e. The second kappa shape index (κ2) is 5.02. The average Bonchev–Trinajstić information content (AvgIpc) is 1.78. The highest BCUT2D eigenvalue weighted by atomic mass is 14.3. The molecular weight excluding hydrogens is 156 g/mol. The molecule has 0 atom stereocenters. The van der Waals surface area contributed by atoms with Gasteiger partial charge < -0.3 is 0 Å². The minimum atomic E-state index is 0.893. The molecule has 1 aliphatic carbocycles. The van der Waals surface area contributed by atoms with Crippen LogP contribution in [-0.2, 0) is 0 Å². The SMILES string of the molecule is CC(C)CC(CC(C)C)C1CCC1. The van der Waals surface area contributed by atoms with Crippen LogP contribution in [0, 0.1) is 23.7 Å². The second-order valence-electron chi connectivity index (χ2n) is 5.71. The fourth-order valence-electron chi connectivity index (χ4n) is 2.60. The predicted octanol–water partition coefficient (Wildman–Crippen LogP) is 4.49. The molecule has 0 nitrogen and oxygen atoms in total. The third-order valence-corrected chi connectivity index (χ3v) is 3.36. The Morgan fingerprint density at radius 1 is 0.923 bits per heavy atom. The summed E-state index contributed by atoms with van der Waals surface area (Å²) in [5.74, 6) is 3.91. The first-order chi connectivity index (χ1) is 6.09. The molecule has 0 heterocycles. The van der Waals surface area contributed by atoms with Crippen LogP contribution in [-0.4, -0.2) is 0 Å². The molecule has 0 spiro atoms. The Morgan fingerprint density at radius 3 is 1.62 bits per heavy atom. The van der Waals surface area contributed by atoms with E-state index in [0.29, 0.717) is 0 Å². The Bertz CT molecular complexity index is 121. The van der Waals surface area contributed by atoms with Gasteiger partial charge in [-0.25, -0.2) is 0 Å². The van der Waals surface area contributed by atoms with E-state index in [1.807, 2.05) is 0 Å². The standard InChI is InChI=1S/C13H26/c1-10(2)8-13(9-11(3)4)12-6-5-7-12/h10-13H,5-9H2,1-4H3. The quantitative estimate of drug-likeness (QED) is 0.587. The van der Waals surface area contributed by atoms with Gasteiger partial charge in [0, 0.05) is 0 Å². The Balaban J connectivity index is 2.33. The van der Waals surface area contributed by atoms with E-state index in [2.05, 4.69) is 27.7 Å². The van der Waals surface area contributed by atoms with Crippen molar-refractivity contribution in [3.8, 4) is 0 Å². The Hall–Kier alpha value is 0. The van der Waals surface area contributed by atoms with Crippen molar-refractivity contribution in [3.63, 3.8) is 0 Å². The van der Waals surface area contributed by atoms with Crippen LogP contribution in [0.3, 0.4) is 0 Å². The molecule has 0 aromatic heterocycles. The highest BCUT2D eigenvalue weighted by Gasteiger charge is 2.27. The molecule has 1 aliphatic rings. The molecule has 1 saturated carbocycles. The minimum Gasteiger partial charge on any atom is -0.0628 e. The van der Waals surface area contributed by atoms with Gasteiger partial charge in [0.05, 0.1) is 0 Å². The van der Waals surface area contributed by atoms with Gasteiger partial charge in [-0.05, 0) is 36.5 Å². The molecule has 0 unspecified atom stereocenters. The summed E-state index contributed by atoms with van der Waals surface area (Å²) in [5.41, 5.74) is 0. The van der Waals surface area contributed by atoms with E-state index in [-0.39, 0.29) is 0 Å². The Morgan fingerprint density at radius 2 is 1.38 bits per heavy atom. The maximum absolute atomic E-state index is 2.37. The van der Waals surface area contributed by atoms with Gasteiger partial charge in [-0.15, -0.1) is 0 Å². The Labute approximate surface area is 84.1 Å². The zero-order valence-corrected chi connectivity index (χ0v) is 9.84. The summed E-state index contributed by atoms with van der Waals surface area (Å²) in [4.78, 5) is 0. The van der Waals surface area contributed by atoms with Gasteiger partial charge in [0.25, 0.3) is 0 Å². The highest BCUT2D eigenvalue weighted by Crippen LogP contribution is 2.39. The van der Waals surface area contributed by atoms with Crippen LogP contribution in [0.4, 0.5) is 0 Å². The maximum atomic E-state index is 2.37. The number of rotatable bonds is 5.